The van der Waals surface area contributed by atoms with E-state index in [-0.39, 0.29) is 12.5 Å². The van der Waals surface area contributed by atoms with Crippen molar-refractivity contribution in [3.63, 3.8) is 0 Å². The van der Waals surface area contributed by atoms with Crippen LogP contribution in [0.1, 0.15) is 11.1 Å². The van der Waals surface area contributed by atoms with Gasteiger partial charge in [0.05, 0.1) is 19.8 Å². The Bertz CT molecular complexity index is 1200. The van der Waals surface area contributed by atoms with Gasteiger partial charge in [-0.2, -0.15) is 0 Å². The van der Waals surface area contributed by atoms with Crippen LogP contribution in [0.3, 0.4) is 0 Å². The summed E-state index contributed by atoms with van der Waals surface area (Å²) in [4.78, 5) is 29.9. The number of anilines is 1. The third-order valence-electron chi connectivity index (χ3n) is 6.14. The first-order chi connectivity index (χ1) is 17.6. The van der Waals surface area contributed by atoms with E-state index in [1.54, 1.807) is 25.2 Å². The highest BCUT2D eigenvalue weighted by molar-refractivity contribution is 6.22. The molecule has 0 spiro atoms. The number of ether oxygens (including phenoxy) is 3. The minimum absolute atomic E-state index is 0.206. The van der Waals surface area contributed by atoms with E-state index in [9.17, 15) is 9.59 Å². The molecule has 0 radical (unpaired) electrons. The number of benzene rings is 3. The number of carbonyl (C=O) groups is 2. The van der Waals surface area contributed by atoms with Crippen LogP contribution in [0.25, 0.3) is 11.6 Å². The van der Waals surface area contributed by atoms with Gasteiger partial charge in [0.15, 0.2) is 6.61 Å². The lowest BCUT2D eigenvalue weighted by molar-refractivity contribution is -0.147. The average molecular weight is 487 g/mol. The maximum absolute atomic E-state index is 13.1. The van der Waals surface area contributed by atoms with Gasteiger partial charge in [0.2, 0.25) is 0 Å². The molecule has 0 aliphatic carbocycles. The maximum Gasteiger partial charge on any atom is 0.339 e. The molecule has 0 saturated carbocycles. The van der Waals surface area contributed by atoms with Gasteiger partial charge in [-0.25, -0.2) is 4.79 Å². The number of nitrogens with zero attached hydrogens (tertiary/aromatic N) is 2. The quantitative estimate of drug-likeness (QED) is 0.271. The minimum atomic E-state index is -0.558. The number of amides is 1. The maximum atomic E-state index is 13.1. The van der Waals surface area contributed by atoms with E-state index in [2.05, 4.69) is 4.90 Å². The van der Waals surface area contributed by atoms with Crippen molar-refractivity contribution < 1.29 is 23.8 Å². The number of hydrogen-bond donors (Lipinski definition) is 0. The fourth-order valence-electron chi connectivity index (χ4n) is 4.12. The van der Waals surface area contributed by atoms with E-state index in [0.29, 0.717) is 43.1 Å². The molecule has 3 aromatic rings. The Hall–Kier alpha value is -4.26. The summed E-state index contributed by atoms with van der Waals surface area (Å²) in [6.45, 7) is 2.22. The summed E-state index contributed by atoms with van der Waals surface area (Å²) in [5.74, 6) is 0.688. The Labute approximate surface area is 211 Å². The highest BCUT2D eigenvalue weighted by atomic mass is 16.5. The summed E-state index contributed by atoms with van der Waals surface area (Å²) in [5, 5.41) is 0. The second-order valence-corrected chi connectivity index (χ2v) is 8.31. The molecule has 3 aromatic carbocycles. The molecule has 36 heavy (non-hydrogen) atoms. The van der Waals surface area contributed by atoms with Crippen LogP contribution >= 0.6 is 0 Å². The normalized spacial score (nSPS) is 13.8. The van der Waals surface area contributed by atoms with Crippen LogP contribution in [0.2, 0.25) is 0 Å². The van der Waals surface area contributed by atoms with Crippen LogP contribution in [0.4, 0.5) is 5.69 Å². The zero-order valence-electron chi connectivity index (χ0n) is 20.6. The molecular formula is C29H30N2O5. The third kappa shape index (κ3) is 6.05. The van der Waals surface area contributed by atoms with Crippen LogP contribution in [-0.2, 0) is 14.3 Å². The van der Waals surface area contributed by atoms with Crippen LogP contribution in [-0.4, -0.2) is 63.8 Å². The number of hydrogen-bond acceptors (Lipinski definition) is 6. The molecular weight excluding hydrogens is 456 g/mol. The van der Waals surface area contributed by atoms with Crippen molar-refractivity contribution in [1.82, 2.24) is 4.90 Å². The Morgan fingerprint density at radius 1 is 0.806 bits per heavy atom. The van der Waals surface area contributed by atoms with Gasteiger partial charge in [-0.15, -0.1) is 0 Å². The summed E-state index contributed by atoms with van der Waals surface area (Å²) < 4.78 is 16.1. The Balaban J connectivity index is 1.39. The first-order valence-corrected chi connectivity index (χ1v) is 11.8. The molecule has 0 aromatic heterocycles. The van der Waals surface area contributed by atoms with E-state index >= 15 is 0 Å². The van der Waals surface area contributed by atoms with Crippen LogP contribution in [0.5, 0.6) is 11.5 Å². The monoisotopic (exact) mass is 486 g/mol. The fraction of sp³-hybridized carbons (Fsp3) is 0.241. The van der Waals surface area contributed by atoms with Crippen molar-refractivity contribution in [2.24, 2.45) is 0 Å². The summed E-state index contributed by atoms with van der Waals surface area (Å²) in [7, 11) is 3.23. The van der Waals surface area contributed by atoms with Gasteiger partial charge in [0.1, 0.15) is 11.5 Å². The largest absolute Gasteiger partial charge is 0.497 e. The van der Waals surface area contributed by atoms with Gasteiger partial charge in [-0.3, -0.25) is 4.79 Å². The third-order valence-corrected chi connectivity index (χ3v) is 6.14. The SMILES string of the molecule is COc1ccc(N2CCN(C(=O)COC(=O)/C(=C/c3ccccc3OC)c3ccccc3)CC2)cc1. The molecule has 1 fully saturated rings. The smallest absolute Gasteiger partial charge is 0.339 e. The average Bonchev–Trinajstić information content (AvgIpc) is 2.95. The number of methoxy groups -OCH3 is 2. The van der Waals surface area contributed by atoms with Crippen molar-refractivity contribution in [3.8, 4) is 11.5 Å². The molecule has 1 amide bonds. The number of para-hydroxylation sites is 1. The number of carbonyl (C=O) groups excluding carboxylic acids is 2. The highest BCUT2D eigenvalue weighted by Gasteiger charge is 2.23. The van der Waals surface area contributed by atoms with Gasteiger partial charge in [0.25, 0.3) is 5.91 Å². The van der Waals surface area contributed by atoms with Crippen molar-refractivity contribution >= 4 is 29.2 Å². The standard InChI is InChI=1S/C29H30N2O5/c1-34-25-14-12-24(13-15-25)30-16-18-31(19-17-30)28(32)21-36-29(33)26(22-8-4-3-5-9-22)20-23-10-6-7-11-27(23)35-2/h3-15,20H,16-19,21H2,1-2H3/b26-20+. The molecule has 0 unspecified atom stereocenters. The fourth-order valence-corrected chi connectivity index (χ4v) is 4.12. The lowest BCUT2D eigenvalue weighted by atomic mass is 10.0. The van der Waals surface area contributed by atoms with Crippen molar-refractivity contribution in [1.29, 1.82) is 0 Å². The zero-order valence-corrected chi connectivity index (χ0v) is 20.6. The van der Waals surface area contributed by atoms with Gasteiger partial charge in [-0.1, -0.05) is 48.5 Å². The summed E-state index contributed by atoms with van der Waals surface area (Å²) in [6.07, 6.45) is 1.73. The molecule has 1 aliphatic heterocycles. The predicted octanol–water partition coefficient (Wildman–Crippen LogP) is 4.14. The first-order valence-electron chi connectivity index (χ1n) is 11.8. The zero-order chi connectivity index (χ0) is 25.3. The first kappa shape index (κ1) is 24.9. The molecule has 7 heteroatoms. The van der Waals surface area contributed by atoms with E-state index in [1.165, 1.54) is 0 Å². The van der Waals surface area contributed by atoms with Crippen LogP contribution in [0, 0.1) is 0 Å². The molecule has 0 N–H and O–H groups in total. The van der Waals surface area contributed by atoms with Crippen molar-refractivity contribution in [2.45, 2.75) is 0 Å². The molecule has 1 saturated heterocycles. The van der Waals surface area contributed by atoms with E-state index < -0.39 is 5.97 Å². The van der Waals surface area contributed by atoms with Crippen molar-refractivity contribution in [3.05, 3.63) is 90.0 Å². The summed E-state index contributed by atoms with van der Waals surface area (Å²) >= 11 is 0. The molecule has 4 rings (SSSR count). The summed E-state index contributed by atoms with van der Waals surface area (Å²) in [6, 6.07) is 24.6. The van der Waals surface area contributed by atoms with E-state index in [0.717, 1.165) is 17.0 Å². The Morgan fingerprint density at radius 2 is 1.47 bits per heavy atom. The second-order valence-electron chi connectivity index (χ2n) is 8.31. The van der Waals surface area contributed by atoms with E-state index in [4.69, 9.17) is 14.2 Å². The van der Waals surface area contributed by atoms with E-state index in [1.807, 2.05) is 78.9 Å². The molecule has 0 atom stereocenters. The van der Waals surface area contributed by atoms with Gasteiger partial charge in [-0.05, 0) is 42.0 Å². The second kappa shape index (κ2) is 11.9. The lowest BCUT2D eigenvalue weighted by Gasteiger charge is -2.36. The van der Waals surface area contributed by atoms with Crippen molar-refractivity contribution in [2.75, 3.05) is 51.9 Å². The van der Waals surface area contributed by atoms with Crippen LogP contribution < -0.4 is 14.4 Å². The van der Waals surface area contributed by atoms with Gasteiger partial charge < -0.3 is 24.0 Å². The summed E-state index contributed by atoms with van der Waals surface area (Å²) in [5.41, 5.74) is 2.89. The molecule has 1 heterocycles. The van der Waals surface area contributed by atoms with Gasteiger partial charge in [0, 0.05) is 37.4 Å². The topological polar surface area (TPSA) is 68.3 Å². The number of esters is 1. The number of rotatable bonds is 8. The van der Waals surface area contributed by atoms with Gasteiger partial charge >= 0.3 is 5.97 Å². The lowest BCUT2D eigenvalue weighted by Crippen LogP contribution is -2.49. The molecule has 1 aliphatic rings. The Kier molecular flexibility index (Phi) is 8.24. The Morgan fingerprint density at radius 3 is 2.14 bits per heavy atom. The molecule has 0 bridgehead atoms. The van der Waals surface area contributed by atoms with Crippen LogP contribution in [0.15, 0.2) is 78.9 Å². The highest BCUT2D eigenvalue weighted by Crippen LogP contribution is 2.26. The minimum Gasteiger partial charge on any atom is -0.497 e. The predicted molar refractivity (Wildman–Crippen MR) is 140 cm³/mol. The number of piperazine rings is 1. The molecule has 186 valence electrons. The molecule has 7 nitrogen and oxygen atoms in total.